The molecule has 1 aromatic rings. The van der Waals surface area contributed by atoms with E-state index in [1.807, 2.05) is 12.1 Å². The maximum Gasteiger partial charge on any atom is 0.146 e. The van der Waals surface area contributed by atoms with Gasteiger partial charge in [0.05, 0.1) is 19.8 Å². The van der Waals surface area contributed by atoms with Crippen molar-refractivity contribution >= 4 is 0 Å². The molecule has 0 radical (unpaired) electrons. The van der Waals surface area contributed by atoms with E-state index in [2.05, 4.69) is 17.0 Å². The zero-order valence-electron chi connectivity index (χ0n) is 12.8. The molecule has 118 valence electrons. The highest BCUT2D eigenvalue weighted by Crippen LogP contribution is 2.21. The lowest BCUT2D eigenvalue weighted by molar-refractivity contribution is -0.0672. The number of benzene rings is 1. The third kappa shape index (κ3) is 4.68. The summed E-state index contributed by atoms with van der Waals surface area (Å²) in [6.45, 7) is 2.26. The number of likely N-dealkylation sites (tertiary alicyclic amines) is 1. The van der Waals surface area contributed by atoms with Crippen molar-refractivity contribution in [2.75, 3.05) is 40.7 Å². The first-order valence-corrected chi connectivity index (χ1v) is 7.35. The molecule has 1 saturated heterocycles. The number of aliphatic hydroxyl groups excluding tert-OH is 1. The largest absolute Gasteiger partial charge is 0.497 e. The zero-order valence-corrected chi connectivity index (χ0v) is 12.8. The van der Waals surface area contributed by atoms with Crippen molar-refractivity contribution in [3.8, 4) is 5.75 Å². The minimum atomic E-state index is 0.151. The van der Waals surface area contributed by atoms with Crippen LogP contribution in [0.2, 0.25) is 0 Å². The molecule has 1 aliphatic heterocycles. The fourth-order valence-electron chi connectivity index (χ4n) is 2.75. The molecule has 5 nitrogen and oxygen atoms in total. The molecule has 1 aliphatic rings. The highest BCUT2D eigenvalue weighted by molar-refractivity contribution is 5.27. The van der Waals surface area contributed by atoms with Crippen molar-refractivity contribution < 1.29 is 19.3 Å². The second kappa shape index (κ2) is 8.34. The van der Waals surface area contributed by atoms with Crippen LogP contribution in [0.15, 0.2) is 24.3 Å². The molecule has 21 heavy (non-hydrogen) atoms. The lowest BCUT2D eigenvalue weighted by atomic mass is 10.1. The van der Waals surface area contributed by atoms with Crippen LogP contribution in [0, 0.1) is 0 Å². The standard InChI is InChI=1S/C16H25NO4/c1-19-12-21-16-9-14(11-18)17(10-16)8-7-13-3-5-15(20-2)6-4-13/h3-6,14,16,18H,7-12H2,1-2H3/t14-,16-/m1/s1. The Labute approximate surface area is 126 Å². The van der Waals surface area contributed by atoms with Gasteiger partial charge in [0.1, 0.15) is 12.5 Å². The average molecular weight is 295 g/mol. The Bertz CT molecular complexity index is 409. The van der Waals surface area contributed by atoms with Crippen LogP contribution < -0.4 is 4.74 Å². The van der Waals surface area contributed by atoms with E-state index in [0.717, 1.165) is 31.7 Å². The van der Waals surface area contributed by atoms with Crippen LogP contribution in [0.5, 0.6) is 5.75 Å². The fraction of sp³-hybridized carbons (Fsp3) is 0.625. The van der Waals surface area contributed by atoms with Crippen molar-refractivity contribution in [1.29, 1.82) is 0 Å². The van der Waals surface area contributed by atoms with E-state index in [1.54, 1.807) is 14.2 Å². The highest BCUT2D eigenvalue weighted by Gasteiger charge is 2.31. The zero-order chi connectivity index (χ0) is 15.1. The molecule has 0 aromatic heterocycles. The molecule has 1 aromatic carbocycles. The van der Waals surface area contributed by atoms with Crippen LogP contribution in [0.1, 0.15) is 12.0 Å². The SMILES string of the molecule is COCO[C@@H]1C[C@H](CO)N(CCc2ccc(OC)cc2)C1. The molecule has 0 spiro atoms. The van der Waals surface area contributed by atoms with Gasteiger partial charge < -0.3 is 19.3 Å². The first-order chi connectivity index (χ1) is 10.3. The average Bonchev–Trinajstić information content (AvgIpc) is 2.93. The van der Waals surface area contributed by atoms with E-state index in [-0.39, 0.29) is 18.8 Å². The van der Waals surface area contributed by atoms with E-state index >= 15 is 0 Å². The van der Waals surface area contributed by atoms with E-state index < -0.39 is 0 Å². The normalized spacial score (nSPS) is 22.6. The number of aliphatic hydroxyl groups is 1. The lowest BCUT2D eigenvalue weighted by Gasteiger charge is -2.22. The first-order valence-electron chi connectivity index (χ1n) is 7.35. The molecule has 0 unspecified atom stereocenters. The first kappa shape index (κ1) is 16.2. The van der Waals surface area contributed by atoms with Gasteiger partial charge in [-0.1, -0.05) is 12.1 Å². The van der Waals surface area contributed by atoms with Crippen molar-refractivity contribution in [1.82, 2.24) is 4.90 Å². The molecule has 0 bridgehead atoms. The smallest absolute Gasteiger partial charge is 0.146 e. The van der Waals surface area contributed by atoms with E-state index in [9.17, 15) is 5.11 Å². The molecular formula is C16H25NO4. The fourth-order valence-corrected chi connectivity index (χ4v) is 2.75. The summed E-state index contributed by atoms with van der Waals surface area (Å²) in [6.07, 6.45) is 1.97. The molecular weight excluding hydrogens is 270 g/mol. The van der Waals surface area contributed by atoms with Gasteiger partial charge in [-0.15, -0.1) is 0 Å². The molecule has 5 heteroatoms. The van der Waals surface area contributed by atoms with Gasteiger partial charge in [0.25, 0.3) is 0 Å². The third-order valence-electron chi connectivity index (χ3n) is 3.97. The predicted octanol–water partition coefficient (Wildman–Crippen LogP) is 1.29. The summed E-state index contributed by atoms with van der Waals surface area (Å²) in [7, 11) is 3.30. The summed E-state index contributed by atoms with van der Waals surface area (Å²) in [4.78, 5) is 2.30. The molecule has 0 saturated carbocycles. The summed E-state index contributed by atoms with van der Waals surface area (Å²) in [5.74, 6) is 0.876. The Kier molecular flexibility index (Phi) is 6.45. The van der Waals surface area contributed by atoms with E-state index in [1.165, 1.54) is 5.56 Å². The van der Waals surface area contributed by atoms with Gasteiger partial charge in [0.2, 0.25) is 0 Å². The van der Waals surface area contributed by atoms with Crippen molar-refractivity contribution in [2.24, 2.45) is 0 Å². The van der Waals surface area contributed by atoms with Crippen LogP contribution in [0.25, 0.3) is 0 Å². The van der Waals surface area contributed by atoms with Crippen molar-refractivity contribution in [3.05, 3.63) is 29.8 Å². The molecule has 1 N–H and O–H groups in total. The summed E-state index contributed by atoms with van der Waals surface area (Å²) in [5.41, 5.74) is 1.27. The predicted molar refractivity (Wildman–Crippen MR) is 80.5 cm³/mol. The van der Waals surface area contributed by atoms with Gasteiger partial charge >= 0.3 is 0 Å². The van der Waals surface area contributed by atoms with Crippen molar-refractivity contribution in [2.45, 2.75) is 25.0 Å². The number of hydrogen-bond acceptors (Lipinski definition) is 5. The summed E-state index contributed by atoms with van der Waals surface area (Å²) in [5, 5.41) is 9.50. The second-order valence-electron chi connectivity index (χ2n) is 5.36. The maximum absolute atomic E-state index is 9.50. The summed E-state index contributed by atoms with van der Waals surface area (Å²) < 4.78 is 15.7. The van der Waals surface area contributed by atoms with Gasteiger partial charge in [0.15, 0.2) is 0 Å². The molecule has 2 rings (SSSR count). The Hall–Kier alpha value is -1.14. The minimum Gasteiger partial charge on any atom is -0.497 e. The topological polar surface area (TPSA) is 51.2 Å². The molecule has 0 amide bonds. The maximum atomic E-state index is 9.50. The summed E-state index contributed by atoms with van der Waals surface area (Å²) in [6, 6.07) is 8.31. The van der Waals surface area contributed by atoms with Gasteiger partial charge in [-0.2, -0.15) is 0 Å². The van der Waals surface area contributed by atoms with E-state index in [0.29, 0.717) is 6.79 Å². The van der Waals surface area contributed by atoms with Crippen LogP contribution in [-0.4, -0.2) is 62.9 Å². The number of hydrogen-bond donors (Lipinski definition) is 1. The molecule has 0 aliphatic carbocycles. The van der Waals surface area contributed by atoms with Crippen LogP contribution >= 0.6 is 0 Å². The Morgan fingerprint density at radius 3 is 2.62 bits per heavy atom. The monoisotopic (exact) mass is 295 g/mol. The van der Waals surface area contributed by atoms with Gasteiger partial charge in [0, 0.05) is 26.2 Å². The van der Waals surface area contributed by atoms with Crippen LogP contribution in [-0.2, 0) is 15.9 Å². The van der Waals surface area contributed by atoms with Gasteiger partial charge in [-0.05, 0) is 30.5 Å². The van der Waals surface area contributed by atoms with Crippen LogP contribution in [0.4, 0.5) is 0 Å². The Morgan fingerprint density at radius 2 is 2.00 bits per heavy atom. The van der Waals surface area contributed by atoms with Gasteiger partial charge in [-0.3, -0.25) is 4.90 Å². The number of methoxy groups -OCH3 is 2. The van der Waals surface area contributed by atoms with E-state index in [4.69, 9.17) is 14.2 Å². The number of nitrogens with zero attached hydrogens (tertiary/aromatic N) is 1. The van der Waals surface area contributed by atoms with Crippen LogP contribution in [0.3, 0.4) is 0 Å². The number of rotatable bonds is 8. The molecule has 1 heterocycles. The minimum absolute atomic E-state index is 0.151. The summed E-state index contributed by atoms with van der Waals surface area (Å²) >= 11 is 0. The molecule has 2 atom stereocenters. The van der Waals surface area contributed by atoms with Gasteiger partial charge in [-0.25, -0.2) is 0 Å². The third-order valence-corrected chi connectivity index (χ3v) is 3.97. The quantitative estimate of drug-likeness (QED) is 0.733. The number of ether oxygens (including phenoxy) is 3. The Balaban J connectivity index is 1.82. The molecule has 1 fully saturated rings. The second-order valence-corrected chi connectivity index (χ2v) is 5.36. The Morgan fingerprint density at radius 1 is 1.24 bits per heavy atom. The lowest BCUT2D eigenvalue weighted by Crippen LogP contribution is -2.34. The van der Waals surface area contributed by atoms with Crippen molar-refractivity contribution in [3.63, 3.8) is 0 Å². The highest BCUT2D eigenvalue weighted by atomic mass is 16.7.